The van der Waals surface area contributed by atoms with Gasteiger partial charge in [-0.25, -0.2) is 4.79 Å². The molecule has 0 unspecified atom stereocenters. The zero-order valence-electron chi connectivity index (χ0n) is 12.6. The molecule has 0 fully saturated rings. The first-order valence-corrected chi connectivity index (χ1v) is 6.65. The number of hydrogen-bond acceptors (Lipinski definition) is 4. The molecule has 112 valence electrons. The molecular formula is C15H24NO4+. The molecule has 1 rings (SSSR count). The monoisotopic (exact) mass is 282 g/mol. The second-order valence-corrected chi connectivity index (χ2v) is 5.79. The van der Waals surface area contributed by atoms with Gasteiger partial charge in [0.05, 0.1) is 18.2 Å². The number of rotatable bonds is 6. The van der Waals surface area contributed by atoms with E-state index in [4.69, 9.17) is 4.74 Å². The lowest BCUT2D eigenvalue weighted by Gasteiger charge is -2.19. The first-order valence-electron chi connectivity index (χ1n) is 6.65. The van der Waals surface area contributed by atoms with Gasteiger partial charge in [0.15, 0.2) is 0 Å². The number of esters is 1. The smallest absolute Gasteiger partial charge is 0.337 e. The van der Waals surface area contributed by atoms with Crippen LogP contribution in [0.3, 0.4) is 0 Å². The molecule has 1 atom stereocenters. The Hall–Kier alpha value is -1.59. The number of aliphatic hydroxyl groups is 1. The molecule has 1 aromatic carbocycles. The molecule has 1 aromatic rings. The van der Waals surface area contributed by atoms with Gasteiger partial charge < -0.3 is 19.9 Å². The molecular weight excluding hydrogens is 258 g/mol. The molecule has 0 aliphatic rings. The molecule has 0 spiro atoms. The largest absolute Gasteiger partial charge is 0.491 e. The van der Waals surface area contributed by atoms with E-state index in [2.05, 4.69) is 30.8 Å². The molecule has 0 aliphatic heterocycles. The molecule has 0 saturated heterocycles. The summed E-state index contributed by atoms with van der Waals surface area (Å²) in [6.07, 6.45) is -0.533. The van der Waals surface area contributed by atoms with Crippen LogP contribution in [0.4, 0.5) is 0 Å². The van der Waals surface area contributed by atoms with Gasteiger partial charge in [-0.1, -0.05) is 0 Å². The van der Waals surface area contributed by atoms with E-state index < -0.39 is 6.10 Å². The molecule has 3 N–H and O–H groups in total. The molecule has 0 aromatic heterocycles. The molecule has 0 bridgehead atoms. The van der Waals surface area contributed by atoms with Gasteiger partial charge in [-0.3, -0.25) is 0 Å². The van der Waals surface area contributed by atoms with Gasteiger partial charge in [0.25, 0.3) is 0 Å². The van der Waals surface area contributed by atoms with E-state index in [1.807, 2.05) is 0 Å². The Bertz CT molecular complexity index is 422. The highest BCUT2D eigenvalue weighted by Crippen LogP contribution is 2.13. The van der Waals surface area contributed by atoms with Crippen LogP contribution >= 0.6 is 0 Å². The van der Waals surface area contributed by atoms with Crippen LogP contribution in [-0.2, 0) is 4.74 Å². The van der Waals surface area contributed by atoms with Crippen molar-refractivity contribution in [1.29, 1.82) is 0 Å². The van der Waals surface area contributed by atoms with Crippen LogP contribution in [0, 0.1) is 0 Å². The molecule has 20 heavy (non-hydrogen) atoms. The maximum Gasteiger partial charge on any atom is 0.337 e. The predicted molar refractivity (Wildman–Crippen MR) is 75.8 cm³/mol. The van der Waals surface area contributed by atoms with Gasteiger partial charge in [0.1, 0.15) is 25.0 Å². The van der Waals surface area contributed by atoms with E-state index in [9.17, 15) is 9.90 Å². The number of methoxy groups -OCH3 is 1. The third-order valence-corrected chi connectivity index (χ3v) is 2.72. The second kappa shape index (κ2) is 7.26. The van der Waals surface area contributed by atoms with E-state index >= 15 is 0 Å². The van der Waals surface area contributed by atoms with Crippen LogP contribution < -0.4 is 10.1 Å². The Morgan fingerprint density at radius 3 is 2.40 bits per heavy atom. The maximum atomic E-state index is 11.3. The van der Waals surface area contributed by atoms with Gasteiger partial charge >= 0.3 is 5.97 Å². The topological polar surface area (TPSA) is 72.4 Å². The van der Waals surface area contributed by atoms with Gasteiger partial charge in [-0.2, -0.15) is 0 Å². The van der Waals surface area contributed by atoms with E-state index in [0.717, 1.165) is 0 Å². The minimum Gasteiger partial charge on any atom is -0.491 e. The third-order valence-electron chi connectivity index (χ3n) is 2.72. The lowest BCUT2D eigenvalue weighted by Crippen LogP contribution is -2.96. The summed E-state index contributed by atoms with van der Waals surface area (Å²) in [5.41, 5.74) is 0.560. The summed E-state index contributed by atoms with van der Waals surface area (Å²) in [5.74, 6) is 0.240. The van der Waals surface area contributed by atoms with E-state index in [1.165, 1.54) is 7.11 Å². The standard InChI is InChI=1S/C15H23NO4/c1-15(2,3)16-9-12(17)10-20-13-7-5-11(6-8-13)14(18)19-4/h5-8,12,16-17H,9-10H2,1-4H3/p+1/t12-/m1/s1. The average Bonchev–Trinajstić information content (AvgIpc) is 2.41. The number of aliphatic hydroxyl groups excluding tert-OH is 1. The predicted octanol–water partition coefficient (Wildman–Crippen LogP) is 0.575. The summed E-state index contributed by atoms with van der Waals surface area (Å²) < 4.78 is 10.1. The number of carbonyl (C=O) groups is 1. The Morgan fingerprint density at radius 2 is 1.90 bits per heavy atom. The van der Waals surface area contributed by atoms with Crippen molar-refractivity contribution < 1.29 is 24.7 Å². The lowest BCUT2D eigenvalue weighted by atomic mass is 10.1. The minimum absolute atomic E-state index is 0.0865. The Morgan fingerprint density at radius 1 is 1.30 bits per heavy atom. The van der Waals surface area contributed by atoms with Gasteiger partial charge in [0, 0.05) is 0 Å². The summed E-state index contributed by atoms with van der Waals surface area (Å²) >= 11 is 0. The SMILES string of the molecule is COC(=O)c1ccc(OC[C@H](O)C[NH2+]C(C)(C)C)cc1. The number of nitrogens with two attached hydrogens (primary N) is 1. The third kappa shape index (κ3) is 6.04. The molecule has 0 radical (unpaired) electrons. The molecule has 5 heteroatoms. The van der Waals surface area contributed by atoms with Crippen molar-refractivity contribution in [2.45, 2.75) is 32.4 Å². The normalized spacial score (nSPS) is 12.8. The fourth-order valence-corrected chi connectivity index (χ4v) is 1.56. The lowest BCUT2D eigenvalue weighted by molar-refractivity contribution is -0.722. The van der Waals surface area contributed by atoms with Crippen molar-refractivity contribution >= 4 is 5.97 Å². The molecule has 0 aliphatic carbocycles. The number of ether oxygens (including phenoxy) is 2. The van der Waals surface area contributed by atoms with E-state index in [0.29, 0.717) is 17.9 Å². The first kappa shape index (κ1) is 16.5. The number of hydrogen-bond donors (Lipinski definition) is 2. The zero-order chi connectivity index (χ0) is 15.2. The van der Waals surface area contributed by atoms with Crippen LogP contribution in [-0.4, -0.2) is 43.0 Å². The van der Waals surface area contributed by atoms with Gasteiger partial charge in [-0.05, 0) is 45.0 Å². The summed E-state index contributed by atoms with van der Waals surface area (Å²) in [6, 6.07) is 6.64. The highest BCUT2D eigenvalue weighted by Gasteiger charge is 2.16. The van der Waals surface area contributed by atoms with Crippen molar-refractivity contribution in [2.24, 2.45) is 0 Å². The van der Waals surface area contributed by atoms with Gasteiger partial charge in [-0.15, -0.1) is 0 Å². The Labute approximate surface area is 119 Å². The quantitative estimate of drug-likeness (QED) is 0.749. The van der Waals surface area contributed by atoms with Crippen LogP contribution in [0.5, 0.6) is 5.75 Å². The molecule has 0 amide bonds. The van der Waals surface area contributed by atoms with E-state index in [1.54, 1.807) is 24.3 Å². The maximum absolute atomic E-state index is 11.3. The van der Waals surface area contributed by atoms with E-state index in [-0.39, 0.29) is 18.1 Å². The van der Waals surface area contributed by atoms with Crippen molar-refractivity contribution in [1.82, 2.24) is 0 Å². The summed E-state index contributed by atoms with van der Waals surface area (Å²) in [5, 5.41) is 11.9. The molecule has 5 nitrogen and oxygen atoms in total. The number of quaternary nitrogens is 1. The fourth-order valence-electron chi connectivity index (χ4n) is 1.56. The molecule has 0 heterocycles. The zero-order valence-corrected chi connectivity index (χ0v) is 12.6. The van der Waals surface area contributed by atoms with Crippen LogP contribution in [0.15, 0.2) is 24.3 Å². The van der Waals surface area contributed by atoms with Crippen LogP contribution in [0.2, 0.25) is 0 Å². The Balaban J connectivity index is 2.40. The summed E-state index contributed by atoms with van der Waals surface area (Å²) in [6.45, 7) is 7.08. The summed E-state index contributed by atoms with van der Waals surface area (Å²) in [4.78, 5) is 11.3. The first-order chi connectivity index (χ1) is 9.31. The second-order valence-electron chi connectivity index (χ2n) is 5.79. The highest BCUT2D eigenvalue weighted by molar-refractivity contribution is 5.89. The van der Waals surface area contributed by atoms with Crippen LogP contribution in [0.25, 0.3) is 0 Å². The van der Waals surface area contributed by atoms with Crippen molar-refractivity contribution in [2.75, 3.05) is 20.3 Å². The van der Waals surface area contributed by atoms with Crippen molar-refractivity contribution in [3.63, 3.8) is 0 Å². The Kier molecular flexibility index (Phi) is 5.98. The number of carbonyl (C=O) groups excluding carboxylic acids is 1. The molecule has 0 saturated carbocycles. The van der Waals surface area contributed by atoms with Crippen molar-refractivity contribution in [3.8, 4) is 5.75 Å². The minimum atomic E-state index is -0.533. The van der Waals surface area contributed by atoms with Crippen molar-refractivity contribution in [3.05, 3.63) is 29.8 Å². The fraction of sp³-hybridized carbons (Fsp3) is 0.533. The average molecular weight is 282 g/mol. The van der Waals surface area contributed by atoms with Crippen LogP contribution in [0.1, 0.15) is 31.1 Å². The highest BCUT2D eigenvalue weighted by atomic mass is 16.5. The summed E-state index contributed by atoms with van der Waals surface area (Å²) in [7, 11) is 1.34. The van der Waals surface area contributed by atoms with Gasteiger partial charge in [0.2, 0.25) is 0 Å². The number of benzene rings is 1.